The van der Waals surface area contributed by atoms with Gasteiger partial charge in [0.25, 0.3) is 0 Å². The van der Waals surface area contributed by atoms with Crippen molar-refractivity contribution in [2.45, 2.75) is 18.4 Å². The maximum absolute atomic E-state index is 13.7. The van der Waals surface area contributed by atoms with E-state index in [2.05, 4.69) is 11.0 Å². The number of aromatic hydroxyl groups is 1. The quantitative estimate of drug-likeness (QED) is 0.841. The average Bonchev–Trinajstić information content (AvgIpc) is 2.33. The molecule has 3 rings (SSSR count). The van der Waals surface area contributed by atoms with E-state index in [-0.39, 0.29) is 17.6 Å². The molecule has 1 aromatic carbocycles. The molecular formula is C17H22FNO2. The number of halogens is 1. The van der Waals surface area contributed by atoms with E-state index < -0.39 is 11.4 Å². The first-order valence-electron chi connectivity index (χ1n) is 7.46. The van der Waals surface area contributed by atoms with Gasteiger partial charge in [0.05, 0.1) is 0 Å². The molecule has 0 aromatic heterocycles. The molecule has 1 saturated carbocycles. The minimum Gasteiger partial charge on any atom is -0.508 e. The second kappa shape index (κ2) is 5.11. The summed E-state index contributed by atoms with van der Waals surface area (Å²) in [5.74, 6) is -0.240. The Bertz CT molecular complexity index is 552. The van der Waals surface area contributed by atoms with Crippen molar-refractivity contribution in [2.24, 2.45) is 17.8 Å². The van der Waals surface area contributed by atoms with Gasteiger partial charge in [-0.15, -0.1) is 0 Å². The first-order valence-corrected chi connectivity index (χ1v) is 7.46. The number of phenols is 1. The topological polar surface area (TPSA) is 43.7 Å². The number of hydrogen-bond donors (Lipinski definition) is 2. The third-order valence-electron chi connectivity index (χ3n) is 4.94. The number of phenolic OH excluding ortho intramolecular Hbond substituents is 1. The molecule has 0 spiro atoms. The number of rotatable bonds is 3. The van der Waals surface area contributed by atoms with Crippen molar-refractivity contribution in [1.29, 1.82) is 0 Å². The van der Waals surface area contributed by atoms with Crippen LogP contribution < -0.4 is 0 Å². The minimum atomic E-state index is -1.11. The predicted octanol–water partition coefficient (Wildman–Crippen LogP) is 2.49. The monoisotopic (exact) mass is 291 g/mol. The van der Waals surface area contributed by atoms with E-state index >= 15 is 0 Å². The van der Waals surface area contributed by atoms with Crippen LogP contribution in [0.5, 0.6) is 5.75 Å². The molecule has 0 radical (unpaired) electrons. The first kappa shape index (κ1) is 14.5. The highest BCUT2D eigenvalue weighted by atomic mass is 19.1. The van der Waals surface area contributed by atoms with E-state index in [1.165, 1.54) is 12.1 Å². The van der Waals surface area contributed by atoms with Crippen LogP contribution in [0.1, 0.15) is 18.4 Å². The molecule has 4 unspecified atom stereocenters. The van der Waals surface area contributed by atoms with Crippen LogP contribution in [0.4, 0.5) is 4.39 Å². The number of benzene rings is 1. The van der Waals surface area contributed by atoms with Gasteiger partial charge in [-0.1, -0.05) is 12.2 Å². The third-order valence-corrected chi connectivity index (χ3v) is 4.94. The number of fused-ring (bicyclic) bond motifs is 1. The summed E-state index contributed by atoms with van der Waals surface area (Å²) in [6, 6.07) is 3.93. The van der Waals surface area contributed by atoms with Gasteiger partial charge in [0.2, 0.25) is 0 Å². The van der Waals surface area contributed by atoms with Crippen LogP contribution in [0.25, 0.3) is 0 Å². The van der Waals surface area contributed by atoms with Gasteiger partial charge in [0.1, 0.15) is 17.2 Å². The summed E-state index contributed by atoms with van der Waals surface area (Å²) in [7, 11) is 3.96. The second-order valence-electron chi connectivity index (χ2n) is 6.63. The summed E-state index contributed by atoms with van der Waals surface area (Å²) in [6.07, 6.45) is 6.11. The number of hydrogen-bond acceptors (Lipinski definition) is 3. The fourth-order valence-corrected chi connectivity index (χ4v) is 3.92. The van der Waals surface area contributed by atoms with E-state index in [9.17, 15) is 14.6 Å². The standard InChI is InChI=1S/C17H22FNO2/c1-19(2)10-12-5-3-11-4-6-16(11)17(12,21)13-7-14(18)9-15(20)8-13/h4,6-9,11-12,16,20-21H,3,5,10H2,1-2H3. The second-order valence-corrected chi connectivity index (χ2v) is 6.63. The molecule has 2 N–H and O–H groups in total. The van der Waals surface area contributed by atoms with E-state index in [1.807, 2.05) is 20.2 Å². The molecule has 2 aliphatic carbocycles. The molecule has 1 fully saturated rings. The maximum atomic E-state index is 13.7. The highest BCUT2D eigenvalue weighted by Gasteiger charge is 2.52. The highest BCUT2D eigenvalue weighted by Crippen LogP contribution is 2.53. The predicted molar refractivity (Wildman–Crippen MR) is 79.4 cm³/mol. The van der Waals surface area contributed by atoms with E-state index in [0.29, 0.717) is 11.5 Å². The molecule has 4 atom stereocenters. The zero-order valence-electron chi connectivity index (χ0n) is 12.5. The Labute approximate surface area is 124 Å². The van der Waals surface area contributed by atoms with Crippen molar-refractivity contribution < 1.29 is 14.6 Å². The van der Waals surface area contributed by atoms with Crippen LogP contribution in [-0.2, 0) is 5.60 Å². The van der Waals surface area contributed by atoms with Gasteiger partial charge in [-0.05, 0) is 50.6 Å². The lowest BCUT2D eigenvalue weighted by Crippen LogP contribution is -2.53. The zero-order chi connectivity index (χ0) is 15.2. The van der Waals surface area contributed by atoms with Crippen LogP contribution in [0.2, 0.25) is 0 Å². The molecule has 0 amide bonds. The Morgan fingerprint density at radius 2 is 2.00 bits per heavy atom. The van der Waals surface area contributed by atoms with E-state index in [4.69, 9.17) is 0 Å². The molecule has 1 aromatic rings. The number of allylic oxidation sites excluding steroid dienone is 1. The summed E-state index contributed by atoms with van der Waals surface area (Å²) in [5, 5.41) is 21.1. The van der Waals surface area contributed by atoms with Gasteiger partial charge in [-0.2, -0.15) is 0 Å². The minimum absolute atomic E-state index is 0.0115. The SMILES string of the molecule is CN(C)CC1CCC2C=CC2C1(O)c1cc(O)cc(F)c1. The van der Waals surface area contributed by atoms with Gasteiger partial charge in [-0.25, -0.2) is 4.39 Å². The van der Waals surface area contributed by atoms with Gasteiger partial charge in [0, 0.05) is 24.4 Å². The molecule has 21 heavy (non-hydrogen) atoms. The smallest absolute Gasteiger partial charge is 0.127 e. The van der Waals surface area contributed by atoms with Crippen LogP contribution in [0, 0.1) is 23.6 Å². The normalized spacial score (nSPS) is 34.6. The molecule has 114 valence electrons. The molecule has 0 saturated heterocycles. The van der Waals surface area contributed by atoms with Crippen molar-refractivity contribution in [3.05, 3.63) is 41.7 Å². The summed E-state index contributed by atoms with van der Waals surface area (Å²) in [6.45, 7) is 0.741. The van der Waals surface area contributed by atoms with Gasteiger partial charge >= 0.3 is 0 Å². The summed E-state index contributed by atoms with van der Waals surface area (Å²) in [4.78, 5) is 2.05. The molecular weight excluding hydrogens is 269 g/mol. The number of aliphatic hydroxyl groups is 1. The number of nitrogens with zero attached hydrogens (tertiary/aromatic N) is 1. The van der Waals surface area contributed by atoms with Crippen LogP contribution in [-0.4, -0.2) is 35.8 Å². The van der Waals surface area contributed by atoms with Crippen molar-refractivity contribution in [3.8, 4) is 5.75 Å². The van der Waals surface area contributed by atoms with E-state index in [1.54, 1.807) is 0 Å². The average molecular weight is 291 g/mol. The Morgan fingerprint density at radius 3 is 2.57 bits per heavy atom. The van der Waals surface area contributed by atoms with Crippen molar-refractivity contribution in [3.63, 3.8) is 0 Å². The summed E-state index contributed by atoms with van der Waals surface area (Å²) < 4.78 is 13.7. The molecule has 2 aliphatic rings. The largest absolute Gasteiger partial charge is 0.508 e. The third kappa shape index (κ3) is 2.36. The molecule has 0 aliphatic heterocycles. The lowest BCUT2D eigenvalue weighted by Gasteiger charge is -2.52. The lowest BCUT2D eigenvalue weighted by molar-refractivity contribution is -0.113. The first-order chi connectivity index (χ1) is 9.91. The Balaban J connectivity index is 2.04. The summed E-state index contributed by atoms with van der Waals surface area (Å²) in [5.41, 5.74) is -0.618. The maximum Gasteiger partial charge on any atom is 0.127 e. The van der Waals surface area contributed by atoms with Crippen LogP contribution in [0.3, 0.4) is 0 Å². The van der Waals surface area contributed by atoms with Crippen molar-refractivity contribution in [2.75, 3.05) is 20.6 Å². The molecule has 3 nitrogen and oxygen atoms in total. The Kier molecular flexibility index (Phi) is 3.54. The Hall–Kier alpha value is -1.39. The molecule has 0 bridgehead atoms. The van der Waals surface area contributed by atoms with Gasteiger partial charge in [0.15, 0.2) is 0 Å². The molecule has 0 heterocycles. The van der Waals surface area contributed by atoms with Crippen molar-refractivity contribution in [1.82, 2.24) is 4.90 Å². The van der Waals surface area contributed by atoms with Crippen LogP contribution >= 0.6 is 0 Å². The highest BCUT2D eigenvalue weighted by molar-refractivity contribution is 5.37. The van der Waals surface area contributed by atoms with Gasteiger partial charge in [-0.3, -0.25) is 0 Å². The Morgan fingerprint density at radius 1 is 1.24 bits per heavy atom. The summed E-state index contributed by atoms with van der Waals surface area (Å²) >= 11 is 0. The van der Waals surface area contributed by atoms with Crippen LogP contribution in [0.15, 0.2) is 30.4 Å². The van der Waals surface area contributed by atoms with Gasteiger partial charge < -0.3 is 15.1 Å². The fraction of sp³-hybridized carbons (Fsp3) is 0.529. The van der Waals surface area contributed by atoms with Crippen molar-refractivity contribution >= 4 is 0 Å². The van der Waals surface area contributed by atoms with E-state index in [0.717, 1.165) is 25.5 Å². The fourth-order valence-electron chi connectivity index (χ4n) is 3.92. The zero-order valence-corrected chi connectivity index (χ0v) is 12.5. The molecule has 4 heteroatoms. The lowest BCUT2D eigenvalue weighted by atomic mass is 9.56.